The summed E-state index contributed by atoms with van der Waals surface area (Å²) in [6.07, 6.45) is 0. The molecule has 2 aromatic rings. The minimum Gasteiger partial charge on any atom is -0.354 e. The molecule has 1 fully saturated rings. The maximum atomic E-state index is 13.4. The predicted octanol–water partition coefficient (Wildman–Crippen LogP) is 4.51. The Morgan fingerprint density at radius 2 is 1.89 bits per heavy atom. The fraction of sp³-hybridized carbons (Fsp3) is 0.333. The van der Waals surface area contributed by atoms with E-state index in [4.69, 9.17) is 11.6 Å². The molecule has 0 aromatic heterocycles. The number of nitrogens with zero attached hydrogens (tertiary/aromatic N) is 1. The van der Waals surface area contributed by atoms with Gasteiger partial charge in [0.2, 0.25) is 5.91 Å². The van der Waals surface area contributed by atoms with Gasteiger partial charge in [-0.05, 0) is 35.7 Å². The van der Waals surface area contributed by atoms with Crippen molar-refractivity contribution in [3.05, 3.63) is 70.5 Å². The van der Waals surface area contributed by atoms with Crippen molar-refractivity contribution in [2.45, 2.75) is 25.3 Å². The Morgan fingerprint density at radius 1 is 1.21 bits per heavy atom. The minimum atomic E-state index is -0.623. The van der Waals surface area contributed by atoms with Gasteiger partial charge in [0.25, 0.3) is 5.91 Å². The van der Waals surface area contributed by atoms with Gasteiger partial charge in [0.1, 0.15) is 17.2 Å². The summed E-state index contributed by atoms with van der Waals surface area (Å²) in [5.41, 5.74) is 1.12. The first kappa shape index (κ1) is 20.7. The van der Waals surface area contributed by atoms with E-state index in [9.17, 15) is 14.0 Å². The number of halogens is 2. The van der Waals surface area contributed by atoms with Crippen LogP contribution in [0.5, 0.6) is 0 Å². The molecule has 0 bridgehead atoms. The highest BCUT2D eigenvalue weighted by Gasteiger charge is 2.42. The van der Waals surface area contributed by atoms with Crippen LogP contribution in [0.2, 0.25) is 5.02 Å². The van der Waals surface area contributed by atoms with Gasteiger partial charge in [0, 0.05) is 12.3 Å². The molecule has 1 aliphatic heterocycles. The van der Waals surface area contributed by atoms with Gasteiger partial charge in [-0.25, -0.2) is 4.39 Å². The van der Waals surface area contributed by atoms with Crippen LogP contribution in [0.4, 0.5) is 4.39 Å². The van der Waals surface area contributed by atoms with E-state index < -0.39 is 6.04 Å². The molecule has 0 unspecified atom stereocenters. The molecule has 7 heteroatoms. The summed E-state index contributed by atoms with van der Waals surface area (Å²) in [7, 11) is 0. The molecular weight excluding hydrogens is 399 g/mol. The maximum absolute atomic E-state index is 13.4. The zero-order chi connectivity index (χ0) is 20.3. The highest BCUT2D eigenvalue weighted by Crippen LogP contribution is 2.42. The summed E-state index contributed by atoms with van der Waals surface area (Å²) in [5.74, 6) is -0.0799. The number of hydrogen-bond donors (Lipinski definition) is 1. The molecule has 0 saturated carbocycles. The van der Waals surface area contributed by atoms with Gasteiger partial charge >= 0.3 is 0 Å². The highest BCUT2D eigenvalue weighted by atomic mass is 35.5. The average molecular weight is 421 g/mol. The van der Waals surface area contributed by atoms with Crippen LogP contribution in [-0.2, 0) is 4.79 Å². The van der Waals surface area contributed by atoms with Crippen molar-refractivity contribution in [1.82, 2.24) is 10.2 Å². The van der Waals surface area contributed by atoms with Crippen molar-refractivity contribution in [3.63, 3.8) is 0 Å². The summed E-state index contributed by atoms with van der Waals surface area (Å²) in [4.78, 5) is 27.7. The van der Waals surface area contributed by atoms with Crippen LogP contribution in [0.15, 0.2) is 48.5 Å². The normalized spacial score (nSPS) is 19.1. The molecule has 28 heavy (non-hydrogen) atoms. The summed E-state index contributed by atoms with van der Waals surface area (Å²) in [6.45, 7) is 4.56. The quantitative estimate of drug-likeness (QED) is 0.774. The Morgan fingerprint density at radius 3 is 2.54 bits per heavy atom. The van der Waals surface area contributed by atoms with E-state index in [-0.39, 0.29) is 23.0 Å². The Bertz CT molecular complexity index is 860. The molecule has 2 aromatic carbocycles. The van der Waals surface area contributed by atoms with Crippen molar-refractivity contribution < 1.29 is 14.0 Å². The molecule has 0 radical (unpaired) electrons. The molecule has 2 amide bonds. The Labute approximate surface area is 173 Å². The SMILES string of the molecule is CC(C)CNC(=O)[C@@H]1CS[C@@H](c2ccc(F)cc2)N1C(=O)c1ccccc1Cl. The van der Waals surface area contributed by atoms with Crippen molar-refractivity contribution >= 4 is 35.2 Å². The number of carbonyl (C=O) groups is 2. The number of amides is 2. The van der Waals surface area contributed by atoms with E-state index in [1.807, 2.05) is 13.8 Å². The van der Waals surface area contributed by atoms with E-state index in [0.29, 0.717) is 28.8 Å². The molecule has 4 nitrogen and oxygen atoms in total. The number of carbonyl (C=O) groups excluding carboxylic acids is 2. The standard InChI is InChI=1S/C21H22ClFN2O2S/c1-13(2)11-24-19(26)18-12-28-21(14-7-9-15(23)10-8-14)25(18)20(27)16-5-3-4-6-17(16)22/h3-10,13,18,21H,11-12H2,1-2H3,(H,24,26)/t18-,21-/m0/s1. The first-order valence-electron chi connectivity index (χ1n) is 9.10. The van der Waals surface area contributed by atoms with Gasteiger partial charge in [0.05, 0.1) is 10.6 Å². The Kier molecular flexibility index (Phi) is 6.62. The lowest BCUT2D eigenvalue weighted by atomic mass is 10.1. The van der Waals surface area contributed by atoms with Gasteiger partial charge in [-0.2, -0.15) is 0 Å². The van der Waals surface area contributed by atoms with Crippen LogP contribution >= 0.6 is 23.4 Å². The second-order valence-corrected chi connectivity index (χ2v) is 8.60. The minimum absolute atomic E-state index is 0.189. The number of benzene rings is 2. The lowest BCUT2D eigenvalue weighted by Gasteiger charge is -2.29. The fourth-order valence-corrected chi connectivity index (χ4v) is 4.68. The zero-order valence-corrected chi connectivity index (χ0v) is 17.3. The van der Waals surface area contributed by atoms with E-state index in [0.717, 1.165) is 5.56 Å². The van der Waals surface area contributed by atoms with Crippen molar-refractivity contribution in [2.75, 3.05) is 12.3 Å². The lowest BCUT2D eigenvalue weighted by Crippen LogP contribution is -2.48. The monoisotopic (exact) mass is 420 g/mol. The third-order valence-corrected chi connectivity index (χ3v) is 6.13. The topological polar surface area (TPSA) is 49.4 Å². The second kappa shape index (κ2) is 8.97. The largest absolute Gasteiger partial charge is 0.354 e. The molecule has 1 N–H and O–H groups in total. The van der Waals surface area contributed by atoms with Crippen LogP contribution in [-0.4, -0.2) is 35.1 Å². The smallest absolute Gasteiger partial charge is 0.257 e. The first-order chi connectivity index (χ1) is 13.4. The van der Waals surface area contributed by atoms with Crippen LogP contribution in [0, 0.1) is 11.7 Å². The average Bonchev–Trinajstić information content (AvgIpc) is 3.11. The van der Waals surface area contributed by atoms with Crippen molar-refractivity contribution in [2.24, 2.45) is 5.92 Å². The summed E-state index contributed by atoms with van der Waals surface area (Å²) in [5, 5.41) is 2.86. The van der Waals surface area contributed by atoms with Gasteiger partial charge in [0.15, 0.2) is 0 Å². The molecule has 3 rings (SSSR count). The van der Waals surface area contributed by atoms with Crippen LogP contribution in [0.1, 0.15) is 35.1 Å². The second-order valence-electron chi connectivity index (χ2n) is 7.08. The number of thioether (sulfide) groups is 1. The molecule has 148 valence electrons. The Hall–Kier alpha value is -2.05. The van der Waals surface area contributed by atoms with E-state index in [1.165, 1.54) is 23.9 Å². The van der Waals surface area contributed by atoms with E-state index >= 15 is 0 Å². The third kappa shape index (κ3) is 4.50. The molecular formula is C21H22ClFN2O2S. The highest BCUT2D eigenvalue weighted by molar-refractivity contribution is 7.99. The summed E-state index contributed by atoms with van der Waals surface area (Å²) < 4.78 is 13.4. The molecule has 2 atom stereocenters. The van der Waals surface area contributed by atoms with E-state index in [2.05, 4.69) is 5.32 Å². The number of nitrogens with one attached hydrogen (secondary N) is 1. The van der Waals surface area contributed by atoms with Crippen molar-refractivity contribution in [1.29, 1.82) is 0 Å². The number of rotatable bonds is 5. The van der Waals surface area contributed by atoms with Crippen LogP contribution < -0.4 is 5.32 Å². The van der Waals surface area contributed by atoms with Gasteiger partial charge in [-0.1, -0.05) is 49.7 Å². The molecule has 1 saturated heterocycles. The predicted molar refractivity (Wildman–Crippen MR) is 111 cm³/mol. The third-order valence-electron chi connectivity index (χ3n) is 4.48. The fourth-order valence-electron chi connectivity index (χ4n) is 3.04. The molecule has 0 aliphatic carbocycles. The van der Waals surface area contributed by atoms with Crippen molar-refractivity contribution in [3.8, 4) is 0 Å². The van der Waals surface area contributed by atoms with Crippen LogP contribution in [0.25, 0.3) is 0 Å². The lowest BCUT2D eigenvalue weighted by molar-refractivity contribution is -0.125. The molecule has 0 spiro atoms. The van der Waals surface area contributed by atoms with Crippen LogP contribution in [0.3, 0.4) is 0 Å². The molecule has 1 heterocycles. The van der Waals surface area contributed by atoms with Gasteiger partial charge < -0.3 is 10.2 Å². The summed E-state index contributed by atoms with van der Waals surface area (Å²) >= 11 is 7.73. The van der Waals surface area contributed by atoms with Gasteiger partial charge in [-0.15, -0.1) is 11.8 Å². The zero-order valence-electron chi connectivity index (χ0n) is 15.7. The number of hydrogen-bond acceptors (Lipinski definition) is 3. The molecule has 1 aliphatic rings. The van der Waals surface area contributed by atoms with Gasteiger partial charge in [-0.3, -0.25) is 9.59 Å². The Balaban J connectivity index is 1.94. The van der Waals surface area contributed by atoms with E-state index in [1.54, 1.807) is 41.3 Å². The summed E-state index contributed by atoms with van der Waals surface area (Å²) in [6, 6.07) is 12.2. The maximum Gasteiger partial charge on any atom is 0.257 e. The first-order valence-corrected chi connectivity index (χ1v) is 10.5.